The van der Waals surface area contributed by atoms with Gasteiger partial charge in [-0.15, -0.1) is 0 Å². The lowest BCUT2D eigenvalue weighted by Crippen LogP contribution is -2.14. The number of H-pyrrole nitrogens is 1. The van der Waals surface area contributed by atoms with E-state index in [0.717, 1.165) is 11.3 Å². The van der Waals surface area contributed by atoms with Gasteiger partial charge in [-0.1, -0.05) is 12.1 Å². The first-order valence-corrected chi connectivity index (χ1v) is 5.14. The molecule has 0 radical (unpaired) electrons. The van der Waals surface area contributed by atoms with Crippen molar-refractivity contribution in [3.05, 3.63) is 53.9 Å². The van der Waals surface area contributed by atoms with Crippen molar-refractivity contribution < 1.29 is 4.79 Å². The van der Waals surface area contributed by atoms with Crippen LogP contribution in [-0.2, 0) is 0 Å². The minimum Gasteiger partial charge on any atom is -0.377 e. The minimum atomic E-state index is 0.0225. The number of rotatable bonds is 3. The summed E-state index contributed by atoms with van der Waals surface area (Å²) in [4.78, 5) is 17.0. The van der Waals surface area contributed by atoms with Crippen molar-refractivity contribution in [3.63, 3.8) is 0 Å². The van der Waals surface area contributed by atoms with E-state index >= 15 is 0 Å². The zero-order valence-corrected chi connectivity index (χ0v) is 9.40. The number of hydrogen-bond donors (Lipinski definition) is 1. The molecule has 2 rings (SSSR count). The molecular weight excluding hydrogens is 200 g/mol. The van der Waals surface area contributed by atoms with Gasteiger partial charge >= 0.3 is 0 Å². The van der Waals surface area contributed by atoms with E-state index in [-0.39, 0.29) is 5.78 Å². The number of carbonyl (C=O) groups excluding carboxylic acids is 1. The summed E-state index contributed by atoms with van der Waals surface area (Å²) in [7, 11) is 3.86. The predicted molar refractivity (Wildman–Crippen MR) is 65.0 cm³/mol. The van der Waals surface area contributed by atoms with Crippen LogP contribution in [-0.4, -0.2) is 24.9 Å². The van der Waals surface area contributed by atoms with Gasteiger partial charge in [0.05, 0.1) is 5.69 Å². The molecule has 0 aliphatic heterocycles. The number of aromatic amines is 1. The average molecular weight is 214 g/mol. The van der Waals surface area contributed by atoms with Gasteiger partial charge in [-0.3, -0.25) is 4.79 Å². The second-order valence-electron chi connectivity index (χ2n) is 3.82. The highest BCUT2D eigenvalue weighted by molar-refractivity contribution is 6.11. The molecule has 1 aromatic carbocycles. The molecule has 2 aromatic rings. The van der Waals surface area contributed by atoms with E-state index in [9.17, 15) is 4.79 Å². The summed E-state index contributed by atoms with van der Waals surface area (Å²) in [6.07, 6.45) is 1.76. The smallest absolute Gasteiger partial charge is 0.211 e. The zero-order chi connectivity index (χ0) is 11.5. The highest BCUT2D eigenvalue weighted by Gasteiger charge is 2.14. The number of anilines is 1. The number of ketones is 1. The Bertz CT molecular complexity index is 486. The standard InChI is InChI=1S/C13H14N2O/c1-15(2)12-8-4-3-6-10(12)13(16)11-7-5-9-14-11/h3-9,14H,1-2H3. The highest BCUT2D eigenvalue weighted by atomic mass is 16.1. The Morgan fingerprint density at radius 2 is 1.88 bits per heavy atom. The average Bonchev–Trinajstić information content (AvgIpc) is 2.81. The normalized spacial score (nSPS) is 10.1. The molecule has 0 aliphatic carbocycles. The third-order valence-corrected chi connectivity index (χ3v) is 2.47. The molecule has 3 nitrogen and oxygen atoms in total. The number of para-hydroxylation sites is 1. The lowest BCUT2D eigenvalue weighted by atomic mass is 10.1. The summed E-state index contributed by atoms with van der Waals surface area (Å²) >= 11 is 0. The van der Waals surface area contributed by atoms with E-state index in [4.69, 9.17) is 0 Å². The van der Waals surface area contributed by atoms with Gasteiger partial charge in [0.25, 0.3) is 0 Å². The Morgan fingerprint density at radius 3 is 2.50 bits per heavy atom. The monoisotopic (exact) mass is 214 g/mol. The fraction of sp³-hybridized carbons (Fsp3) is 0.154. The quantitative estimate of drug-likeness (QED) is 0.796. The predicted octanol–water partition coefficient (Wildman–Crippen LogP) is 2.31. The van der Waals surface area contributed by atoms with Gasteiger partial charge in [-0.25, -0.2) is 0 Å². The Labute approximate surface area is 94.7 Å². The Balaban J connectivity index is 2.44. The second kappa shape index (κ2) is 4.23. The molecule has 0 unspecified atom stereocenters. The molecule has 0 aliphatic rings. The van der Waals surface area contributed by atoms with Crippen LogP contribution in [0.15, 0.2) is 42.6 Å². The first-order chi connectivity index (χ1) is 7.70. The largest absolute Gasteiger partial charge is 0.377 e. The Morgan fingerprint density at radius 1 is 1.12 bits per heavy atom. The summed E-state index contributed by atoms with van der Waals surface area (Å²) in [5.74, 6) is 0.0225. The molecule has 0 saturated carbocycles. The van der Waals surface area contributed by atoms with Crippen molar-refractivity contribution >= 4 is 11.5 Å². The van der Waals surface area contributed by atoms with E-state index in [0.29, 0.717) is 5.69 Å². The van der Waals surface area contributed by atoms with E-state index in [1.165, 1.54) is 0 Å². The molecule has 16 heavy (non-hydrogen) atoms. The minimum absolute atomic E-state index is 0.0225. The summed E-state index contributed by atoms with van der Waals surface area (Å²) in [6.45, 7) is 0. The van der Waals surface area contributed by atoms with E-state index in [1.54, 1.807) is 12.3 Å². The topological polar surface area (TPSA) is 36.1 Å². The lowest BCUT2D eigenvalue weighted by Gasteiger charge is -2.16. The molecule has 0 bridgehead atoms. The Kier molecular flexibility index (Phi) is 2.77. The van der Waals surface area contributed by atoms with E-state index < -0.39 is 0 Å². The van der Waals surface area contributed by atoms with Gasteiger partial charge < -0.3 is 9.88 Å². The fourth-order valence-corrected chi connectivity index (χ4v) is 1.67. The molecule has 0 spiro atoms. The SMILES string of the molecule is CN(C)c1ccccc1C(=O)c1ccc[nH]1. The third-order valence-electron chi connectivity index (χ3n) is 2.47. The van der Waals surface area contributed by atoms with E-state index in [2.05, 4.69) is 4.98 Å². The van der Waals surface area contributed by atoms with Gasteiger partial charge in [0.2, 0.25) is 5.78 Å². The number of benzene rings is 1. The Hall–Kier alpha value is -2.03. The van der Waals surface area contributed by atoms with Crippen LogP contribution in [0.5, 0.6) is 0 Å². The molecule has 0 amide bonds. The van der Waals surface area contributed by atoms with Crippen molar-refractivity contribution in [1.29, 1.82) is 0 Å². The molecule has 1 aromatic heterocycles. The summed E-state index contributed by atoms with van der Waals surface area (Å²) < 4.78 is 0. The zero-order valence-electron chi connectivity index (χ0n) is 9.40. The number of nitrogens with one attached hydrogen (secondary N) is 1. The van der Waals surface area contributed by atoms with Crippen LogP contribution >= 0.6 is 0 Å². The van der Waals surface area contributed by atoms with Crippen LogP contribution in [0.4, 0.5) is 5.69 Å². The molecule has 3 heteroatoms. The van der Waals surface area contributed by atoms with Gasteiger partial charge in [-0.2, -0.15) is 0 Å². The number of carbonyl (C=O) groups is 1. The van der Waals surface area contributed by atoms with Crippen LogP contribution in [0.1, 0.15) is 16.1 Å². The third kappa shape index (κ3) is 1.84. The van der Waals surface area contributed by atoms with Crippen molar-refractivity contribution in [2.75, 3.05) is 19.0 Å². The van der Waals surface area contributed by atoms with Crippen molar-refractivity contribution in [3.8, 4) is 0 Å². The van der Waals surface area contributed by atoms with Gasteiger partial charge in [-0.05, 0) is 24.3 Å². The summed E-state index contributed by atoms with van der Waals surface area (Å²) in [5.41, 5.74) is 2.27. The molecule has 0 fully saturated rings. The molecular formula is C13H14N2O. The van der Waals surface area contributed by atoms with Crippen molar-refractivity contribution in [2.24, 2.45) is 0 Å². The van der Waals surface area contributed by atoms with Crippen molar-refractivity contribution in [2.45, 2.75) is 0 Å². The number of nitrogens with zero attached hydrogens (tertiary/aromatic N) is 1. The highest BCUT2D eigenvalue weighted by Crippen LogP contribution is 2.20. The molecule has 82 valence electrons. The van der Waals surface area contributed by atoms with Gasteiger partial charge in [0, 0.05) is 31.5 Å². The van der Waals surface area contributed by atoms with E-state index in [1.807, 2.05) is 49.3 Å². The molecule has 1 N–H and O–H groups in total. The van der Waals surface area contributed by atoms with Crippen LogP contribution in [0, 0.1) is 0 Å². The van der Waals surface area contributed by atoms with Crippen LogP contribution in [0.3, 0.4) is 0 Å². The van der Waals surface area contributed by atoms with Crippen molar-refractivity contribution in [1.82, 2.24) is 4.98 Å². The maximum absolute atomic E-state index is 12.2. The summed E-state index contributed by atoms with van der Waals surface area (Å²) in [5, 5.41) is 0. The number of aromatic nitrogens is 1. The molecule has 0 atom stereocenters. The number of hydrogen-bond acceptors (Lipinski definition) is 2. The first kappa shape index (κ1) is 10.5. The lowest BCUT2D eigenvalue weighted by molar-refractivity contribution is 0.103. The van der Waals surface area contributed by atoms with Gasteiger partial charge in [0.15, 0.2) is 0 Å². The second-order valence-corrected chi connectivity index (χ2v) is 3.82. The van der Waals surface area contributed by atoms with Crippen LogP contribution in [0.25, 0.3) is 0 Å². The first-order valence-electron chi connectivity index (χ1n) is 5.14. The molecule has 1 heterocycles. The maximum Gasteiger partial charge on any atom is 0.211 e. The van der Waals surface area contributed by atoms with Gasteiger partial charge in [0.1, 0.15) is 0 Å². The fourth-order valence-electron chi connectivity index (χ4n) is 1.67. The molecule has 0 saturated heterocycles. The maximum atomic E-state index is 12.2. The summed E-state index contributed by atoms with van der Waals surface area (Å²) in [6, 6.07) is 11.2. The van der Waals surface area contributed by atoms with Crippen LogP contribution in [0.2, 0.25) is 0 Å². The van der Waals surface area contributed by atoms with Crippen LogP contribution < -0.4 is 4.90 Å².